The zero-order chi connectivity index (χ0) is 17.3. The molecule has 2 rings (SSSR count). The van der Waals surface area contributed by atoms with Crippen LogP contribution >= 0.6 is 0 Å². The van der Waals surface area contributed by atoms with Crippen LogP contribution in [-0.4, -0.2) is 48.7 Å². The van der Waals surface area contributed by atoms with Crippen molar-refractivity contribution >= 4 is 11.9 Å². The fourth-order valence-electron chi connectivity index (χ4n) is 3.07. The van der Waals surface area contributed by atoms with Crippen LogP contribution in [0.25, 0.3) is 0 Å². The Bertz CT molecular complexity index is 616. The summed E-state index contributed by atoms with van der Waals surface area (Å²) < 4.78 is 18.5. The molecule has 0 aromatic heterocycles. The highest BCUT2D eigenvalue weighted by atomic mass is 19.1. The first-order chi connectivity index (χ1) is 10.7. The maximum atomic E-state index is 13.4. The van der Waals surface area contributed by atoms with E-state index in [9.17, 15) is 19.1 Å². The molecule has 1 amide bonds. The highest BCUT2D eigenvalue weighted by Gasteiger charge is 2.48. The lowest BCUT2D eigenvalue weighted by Gasteiger charge is -2.31. The van der Waals surface area contributed by atoms with Crippen LogP contribution in [0.3, 0.4) is 0 Å². The first kappa shape index (κ1) is 17.4. The van der Waals surface area contributed by atoms with Crippen LogP contribution in [0.1, 0.15) is 25.8 Å². The van der Waals surface area contributed by atoms with Gasteiger partial charge in [0.25, 0.3) is 0 Å². The Kier molecular flexibility index (Phi) is 4.75. The van der Waals surface area contributed by atoms with Crippen molar-refractivity contribution in [2.45, 2.75) is 25.7 Å². The number of ether oxygens (including phenoxy) is 1. The van der Waals surface area contributed by atoms with Gasteiger partial charge in [-0.15, -0.1) is 0 Å². The number of hydrogen-bond acceptors (Lipinski definition) is 3. The molecule has 23 heavy (non-hydrogen) atoms. The Morgan fingerprint density at radius 1 is 1.43 bits per heavy atom. The number of rotatable bonds is 5. The van der Waals surface area contributed by atoms with Gasteiger partial charge in [-0.3, -0.25) is 9.59 Å². The third kappa shape index (κ3) is 3.22. The number of likely N-dealkylation sites (tertiary alicyclic amines) is 1. The molecule has 1 unspecified atom stereocenters. The van der Waals surface area contributed by atoms with E-state index in [0.29, 0.717) is 18.5 Å². The number of aliphatic carboxylic acids is 1. The summed E-state index contributed by atoms with van der Waals surface area (Å²) in [6.45, 7) is 3.97. The Morgan fingerprint density at radius 3 is 2.70 bits per heavy atom. The van der Waals surface area contributed by atoms with Gasteiger partial charge in [-0.1, -0.05) is 12.1 Å². The summed E-state index contributed by atoms with van der Waals surface area (Å²) in [5.41, 5.74) is -1.42. The SMILES string of the molecule is COCC1(C(=O)O)CCN(C(=O)C(C)(C)c2cccc(F)c2)C1. The fraction of sp³-hybridized carbons (Fsp3) is 0.529. The first-order valence-corrected chi connectivity index (χ1v) is 7.51. The lowest BCUT2D eigenvalue weighted by Crippen LogP contribution is -2.45. The summed E-state index contributed by atoms with van der Waals surface area (Å²) >= 11 is 0. The van der Waals surface area contributed by atoms with Crippen LogP contribution in [-0.2, 0) is 19.7 Å². The van der Waals surface area contributed by atoms with Gasteiger partial charge in [0.05, 0.1) is 12.0 Å². The van der Waals surface area contributed by atoms with Crippen molar-refractivity contribution < 1.29 is 23.8 Å². The fourth-order valence-corrected chi connectivity index (χ4v) is 3.07. The standard InChI is InChI=1S/C17H22FNO4/c1-16(2,12-5-4-6-13(18)9-12)14(20)19-8-7-17(10-19,11-23-3)15(21)22/h4-6,9H,7-8,10-11H2,1-3H3,(H,21,22). The van der Waals surface area contributed by atoms with E-state index in [4.69, 9.17) is 4.74 Å². The second-order valence-electron chi connectivity index (χ2n) is 6.63. The van der Waals surface area contributed by atoms with E-state index < -0.39 is 22.6 Å². The molecule has 1 aromatic rings. The summed E-state index contributed by atoms with van der Waals surface area (Å²) in [4.78, 5) is 26.0. The number of hydrogen-bond donors (Lipinski definition) is 1. The van der Waals surface area contributed by atoms with Gasteiger partial charge < -0.3 is 14.7 Å². The van der Waals surface area contributed by atoms with Crippen LogP contribution in [0, 0.1) is 11.2 Å². The minimum absolute atomic E-state index is 0.0620. The summed E-state index contributed by atoms with van der Waals surface area (Å²) in [5.74, 6) is -1.57. The van der Waals surface area contributed by atoms with E-state index in [2.05, 4.69) is 0 Å². The number of carboxylic acid groups (broad SMARTS) is 1. The van der Waals surface area contributed by atoms with E-state index in [1.54, 1.807) is 26.0 Å². The maximum Gasteiger partial charge on any atom is 0.313 e. The van der Waals surface area contributed by atoms with E-state index in [-0.39, 0.29) is 19.1 Å². The molecule has 6 heteroatoms. The van der Waals surface area contributed by atoms with E-state index in [1.165, 1.54) is 24.1 Å². The molecule has 1 heterocycles. The summed E-state index contributed by atoms with van der Waals surface area (Å²) in [6.07, 6.45) is 0.348. The van der Waals surface area contributed by atoms with Crippen LogP contribution in [0.5, 0.6) is 0 Å². The molecule has 1 atom stereocenters. The number of amides is 1. The number of benzene rings is 1. The molecule has 5 nitrogen and oxygen atoms in total. The normalized spacial score (nSPS) is 21.5. The van der Waals surface area contributed by atoms with Crippen molar-refractivity contribution in [3.8, 4) is 0 Å². The Balaban J connectivity index is 2.22. The van der Waals surface area contributed by atoms with Gasteiger partial charge >= 0.3 is 5.97 Å². The Labute approximate surface area is 135 Å². The van der Waals surface area contributed by atoms with Crippen molar-refractivity contribution in [1.82, 2.24) is 4.90 Å². The van der Waals surface area contributed by atoms with Gasteiger partial charge in [0, 0.05) is 20.2 Å². The van der Waals surface area contributed by atoms with Crippen LogP contribution in [0.15, 0.2) is 24.3 Å². The average molecular weight is 323 g/mol. The van der Waals surface area contributed by atoms with Gasteiger partial charge in [0.1, 0.15) is 11.2 Å². The van der Waals surface area contributed by atoms with Crippen LogP contribution < -0.4 is 0 Å². The molecule has 126 valence electrons. The highest BCUT2D eigenvalue weighted by molar-refractivity contribution is 5.88. The number of methoxy groups -OCH3 is 1. The predicted octanol–water partition coefficient (Wildman–Crippen LogP) is 2.05. The topological polar surface area (TPSA) is 66.8 Å². The number of nitrogens with zero attached hydrogens (tertiary/aromatic N) is 1. The molecule has 0 spiro atoms. The third-order valence-corrected chi connectivity index (χ3v) is 4.60. The molecule has 0 bridgehead atoms. The highest BCUT2D eigenvalue weighted by Crippen LogP contribution is 2.35. The second kappa shape index (κ2) is 6.28. The smallest absolute Gasteiger partial charge is 0.313 e. The summed E-state index contributed by atoms with van der Waals surface area (Å²) in [7, 11) is 1.45. The molecule has 1 aliphatic rings. The van der Waals surface area contributed by atoms with E-state index in [0.717, 1.165) is 0 Å². The van der Waals surface area contributed by atoms with E-state index in [1.807, 2.05) is 0 Å². The lowest BCUT2D eigenvalue weighted by molar-refractivity contribution is -0.152. The number of carbonyl (C=O) groups is 2. The van der Waals surface area contributed by atoms with Crippen molar-refractivity contribution in [2.24, 2.45) is 5.41 Å². The zero-order valence-electron chi connectivity index (χ0n) is 13.6. The maximum absolute atomic E-state index is 13.4. The summed E-state index contributed by atoms with van der Waals surface area (Å²) in [6, 6.07) is 5.94. The lowest BCUT2D eigenvalue weighted by atomic mass is 9.83. The predicted molar refractivity (Wildman–Crippen MR) is 82.6 cm³/mol. The average Bonchev–Trinajstić information content (AvgIpc) is 2.92. The monoisotopic (exact) mass is 323 g/mol. The second-order valence-corrected chi connectivity index (χ2v) is 6.63. The molecule has 0 radical (unpaired) electrons. The third-order valence-electron chi connectivity index (χ3n) is 4.60. The van der Waals surface area contributed by atoms with Crippen LogP contribution in [0.2, 0.25) is 0 Å². The van der Waals surface area contributed by atoms with Crippen molar-refractivity contribution in [3.63, 3.8) is 0 Å². The molecular weight excluding hydrogens is 301 g/mol. The van der Waals surface area contributed by atoms with Gasteiger partial charge in [0.15, 0.2) is 0 Å². The van der Waals surface area contributed by atoms with Gasteiger partial charge in [-0.25, -0.2) is 4.39 Å². The van der Waals surface area contributed by atoms with E-state index >= 15 is 0 Å². The molecular formula is C17H22FNO4. The van der Waals surface area contributed by atoms with Gasteiger partial charge in [0.2, 0.25) is 5.91 Å². The number of carbonyl (C=O) groups excluding carboxylic acids is 1. The summed E-state index contributed by atoms with van der Waals surface area (Å²) in [5, 5.41) is 9.48. The van der Waals surface area contributed by atoms with Crippen molar-refractivity contribution in [3.05, 3.63) is 35.6 Å². The number of halogens is 1. The quantitative estimate of drug-likeness (QED) is 0.900. The molecule has 1 fully saturated rings. The van der Waals surface area contributed by atoms with Gasteiger partial charge in [-0.05, 0) is 38.0 Å². The largest absolute Gasteiger partial charge is 0.481 e. The van der Waals surface area contributed by atoms with Crippen molar-refractivity contribution in [1.29, 1.82) is 0 Å². The molecule has 1 saturated heterocycles. The number of carboxylic acids is 1. The molecule has 0 saturated carbocycles. The Hall–Kier alpha value is -1.95. The minimum Gasteiger partial charge on any atom is -0.481 e. The zero-order valence-corrected chi connectivity index (χ0v) is 13.6. The molecule has 1 aliphatic heterocycles. The molecule has 1 aromatic carbocycles. The van der Waals surface area contributed by atoms with Crippen LogP contribution in [0.4, 0.5) is 4.39 Å². The minimum atomic E-state index is -1.07. The molecule has 0 aliphatic carbocycles. The Morgan fingerprint density at radius 2 is 2.13 bits per heavy atom. The molecule has 1 N–H and O–H groups in total. The first-order valence-electron chi connectivity index (χ1n) is 7.51. The van der Waals surface area contributed by atoms with Gasteiger partial charge in [-0.2, -0.15) is 0 Å². The van der Waals surface area contributed by atoms with Crippen molar-refractivity contribution in [2.75, 3.05) is 26.8 Å².